The minimum absolute atomic E-state index is 0. The Bertz CT molecular complexity index is 739. The summed E-state index contributed by atoms with van der Waals surface area (Å²) in [6, 6.07) is 5.09. The van der Waals surface area contributed by atoms with E-state index in [2.05, 4.69) is 27.6 Å². The van der Waals surface area contributed by atoms with Gasteiger partial charge in [-0.3, -0.25) is 4.68 Å². The third kappa shape index (κ3) is 5.69. The lowest BCUT2D eigenvalue weighted by Gasteiger charge is -2.12. The molecule has 25 heavy (non-hydrogen) atoms. The van der Waals surface area contributed by atoms with Crippen molar-refractivity contribution in [3.63, 3.8) is 0 Å². The third-order valence-electron chi connectivity index (χ3n) is 4.08. The van der Waals surface area contributed by atoms with Gasteiger partial charge in [0.2, 0.25) is 0 Å². The summed E-state index contributed by atoms with van der Waals surface area (Å²) >= 11 is 0. The Kier molecular flexibility index (Phi) is 8.34. The Hall–Kier alpha value is -1.64. The van der Waals surface area contributed by atoms with Crippen LogP contribution in [-0.4, -0.2) is 22.3 Å². The van der Waals surface area contributed by atoms with E-state index in [4.69, 9.17) is 0 Å². The number of aliphatic imine (C=N–C) groups is 1. The predicted octanol–water partition coefficient (Wildman–Crippen LogP) is 3.36. The maximum absolute atomic E-state index is 13.3. The maximum Gasteiger partial charge on any atom is 0.191 e. The molecule has 1 heterocycles. The zero-order valence-electron chi connectivity index (χ0n) is 15.5. The van der Waals surface area contributed by atoms with E-state index in [9.17, 15) is 4.39 Å². The molecule has 0 spiro atoms. The zero-order valence-corrected chi connectivity index (χ0v) is 17.8. The summed E-state index contributed by atoms with van der Waals surface area (Å²) in [5.41, 5.74) is 4.97. The molecule has 0 amide bonds. The fraction of sp³-hybridized carbons (Fsp3) is 0.444. The topological polar surface area (TPSA) is 54.2 Å². The molecular formula is C18H27FIN5. The molecule has 0 unspecified atom stereocenters. The highest BCUT2D eigenvalue weighted by atomic mass is 127. The van der Waals surface area contributed by atoms with Gasteiger partial charge >= 0.3 is 0 Å². The second-order valence-corrected chi connectivity index (χ2v) is 5.91. The van der Waals surface area contributed by atoms with Crippen LogP contribution in [-0.2, 0) is 20.1 Å². The van der Waals surface area contributed by atoms with Crippen LogP contribution in [0.1, 0.15) is 35.0 Å². The van der Waals surface area contributed by atoms with Gasteiger partial charge in [0.1, 0.15) is 5.82 Å². The summed E-state index contributed by atoms with van der Waals surface area (Å²) in [6.07, 6.45) is 0. The molecule has 1 aromatic heterocycles. The summed E-state index contributed by atoms with van der Waals surface area (Å²) < 4.78 is 15.2. The third-order valence-corrected chi connectivity index (χ3v) is 4.08. The first-order valence-corrected chi connectivity index (χ1v) is 8.18. The van der Waals surface area contributed by atoms with Crippen molar-refractivity contribution in [1.29, 1.82) is 0 Å². The molecule has 7 heteroatoms. The highest BCUT2D eigenvalue weighted by Crippen LogP contribution is 2.12. The van der Waals surface area contributed by atoms with Crippen molar-refractivity contribution in [2.24, 2.45) is 12.0 Å². The van der Waals surface area contributed by atoms with E-state index in [1.54, 1.807) is 13.0 Å². The van der Waals surface area contributed by atoms with Gasteiger partial charge in [0.15, 0.2) is 5.96 Å². The molecule has 5 nitrogen and oxygen atoms in total. The van der Waals surface area contributed by atoms with E-state index >= 15 is 0 Å². The van der Waals surface area contributed by atoms with Gasteiger partial charge in [0.05, 0.1) is 12.2 Å². The van der Waals surface area contributed by atoms with Gasteiger partial charge in [-0.05, 0) is 44.9 Å². The molecule has 0 aliphatic heterocycles. The lowest BCUT2D eigenvalue weighted by Crippen LogP contribution is -2.37. The van der Waals surface area contributed by atoms with Crippen LogP contribution >= 0.6 is 24.0 Å². The molecule has 0 fully saturated rings. The summed E-state index contributed by atoms with van der Waals surface area (Å²) in [7, 11) is 1.95. The molecule has 1 aromatic carbocycles. The van der Waals surface area contributed by atoms with Crippen LogP contribution in [0, 0.1) is 26.6 Å². The number of hydrogen-bond acceptors (Lipinski definition) is 2. The standard InChI is InChI=1S/C18H26FN5.HI/c1-6-20-18(21-10-15-7-8-17(19)12(2)9-15)22-11-16-13(3)23-24(5)14(16)4;/h7-9H,6,10-11H2,1-5H3,(H2,20,21,22);1H. The molecule has 0 aliphatic rings. The van der Waals surface area contributed by atoms with Gasteiger partial charge in [0.25, 0.3) is 0 Å². The molecule has 0 saturated carbocycles. The Morgan fingerprint density at radius 3 is 2.52 bits per heavy atom. The first-order valence-electron chi connectivity index (χ1n) is 8.18. The highest BCUT2D eigenvalue weighted by molar-refractivity contribution is 14.0. The quantitative estimate of drug-likeness (QED) is 0.410. The Labute approximate surface area is 166 Å². The second-order valence-electron chi connectivity index (χ2n) is 5.91. The number of aromatic nitrogens is 2. The normalized spacial score (nSPS) is 11.2. The number of nitrogens with zero attached hydrogens (tertiary/aromatic N) is 3. The summed E-state index contributed by atoms with van der Waals surface area (Å²) in [5, 5.41) is 11.0. The number of nitrogens with one attached hydrogen (secondary N) is 2. The van der Waals surface area contributed by atoms with Crippen molar-refractivity contribution in [2.45, 2.75) is 40.8 Å². The fourth-order valence-electron chi connectivity index (χ4n) is 2.56. The largest absolute Gasteiger partial charge is 0.357 e. The first-order chi connectivity index (χ1) is 11.4. The lowest BCUT2D eigenvalue weighted by molar-refractivity contribution is 0.617. The molecule has 138 valence electrons. The Morgan fingerprint density at radius 2 is 1.96 bits per heavy atom. The zero-order chi connectivity index (χ0) is 17.7. The number of hydrogen-bond donors (Lipinski definition) is 2. The summed E-state index contributed by atoms with van der Waals surface area (Å²) in [5.74, 6) is 0.553. The number of benzene rings is 1. The molecule has 2 rings (SSSR count). The van der Waals surface area contributed by atoms with E-state index in [1.807, 2.05) is 31.6 Å². The van der Waals surface area contributed by atoms with Crippen molar-refractivity contribution < 1.29 is 4.39 Å². The summed E-state index contributed by atoms with van der Waals surface area (Å²) in [4.78, 5) is 4.58. The highest BCUT2D eigenvalue weighted by Gasteiger charge is 2.09. The van der Waals surface area contributed by atoms with E-state index in [-0.39, 0.29) is 29.8 Å². The molecule has 2 N–H and O–H groups in total. The van der Waals surface area contributed by atoms with Gasteiger partial charge in [0, 0.05) is 31.4 Å². The van der Waals surface area contributed by atoms with Gasteiger partial charge in [-0.1, -0.05) is 12.1 Å². The Balaban J connectivity index is 0.00000312. The molecule has 0 radical (unpaired) electrons. The molecule has 0 bridgehead atoms. The average molecular weight is 459 g/mol. The predicted molar refractivity (Wildman–Crippen MR) is 111 cm³/mol. The lowest BCUT2D eigenvalue weighted by atomic mass is 10.1. The minimum atomic E-state index is -0.185. The minimum Gasteiger partial charge on any atom is -0.357 e. The molecule has 0 saturated heterocycles. The van der Waals surface area contributed by atoms with E-state index in [0.717, 1.165) is 29.5 Å². The van der Waals surface area contributed by atoms with Crippen LogP contribution in [0.15, 0.2) is 23.2 Å². The summed E-state index contributed by atoms with van der Waals surface area (Å²) in [6.45, 7) is 9.80. The Morgan fingerprint density at radius 1 is 1.24 bits per heavy atom. The van der Waals surface area contributed by atoms with E-state index < -0.39 is 0 Å². The smallest absolute Gasteiger partial charge is 0.191 e. The van der Waals surface area contributed by atoms with Gasteiger partial charge in [-0.25, -0.2) is 9.38 Å². The van der Waals surface area contributed by atoms with Crippen molar-refractivity contribution >= 4 is 29.9 Å². The molecular weight excluding hydrogens is 432 g/mol. The van der Waals surface area contributed by atoms with Crippen LogP contribution in [0.4, 0.5) is 4.39 Å². The number of rotatable bonds is 5. The van der Waals surface area contributed by atoms with Crippen molar-refractivity contribution in [2.75, 3.05) is 6.54 Å². The average Bonchev–Trinajstić information content (AvgIpc) is 2.78. The maximum atomic E-state index is 13.3. The van der Waals surface area contributed by atoms with E-state index in [1.165, 1.54) is 11.6 Å². The number of guanidine groups is 1. The van der Waals surface area contributed by atoms with Crippen molar-refractivity contribution in [3.8, 4) is 0 Å². The molecule has 0 atom stereocenters. The van der Waals surface area contributed by atoms with Crippen molar-refractivity contribution in [3.05, 3.63) is 52.1 Å². The monoisotopic (exact) mass is 459 g/mol. The molecule has 2 aromatic rings. The van der Waals surface area contributed by atoms with Crippen LogP contribution < -0.4 is 10.6 Å². The van der Waals surface area contributed by atoms with Crippen LogP contribution in [0.5, 0.6) is 0 Å². The van der Waals surface area contributed by atoms with Gasteiger partial charge in [-0.2, -0.15) is 5.10 Å². The number of aryl methyl sites for hydroxylation is 3. The second kappa shape index (κ2) is 9.74. The van der Waals surface area contributed by atoms with Crippen LogP contribution in [0.2, 0.25) is 0 Å². The fourth-order valence-corrected chi connectivity index (χ4v) is 2.56. The van der Waals surface area contributed by atoms with Crippen LogP contribution in [0.25, 0.3) is 0 Å². The SMILES string of the molecule is CCNC(=NCc1ccc(F)c(C)c1)NCc1c(C)nn(C)c1C.I. The van der Waals surface area contributed by atoms with E-state index in [0.29, 0.717) is 18.7 Å². The number of halogens is 2. The van der Waals surface area contributed by atoms with Gasteiger partial charge in [-0.15, -0.1) is 24.0 Å². The van der Waals surface area contributed by atoms with Crippen molar-refractivity contribution in [1.82, 2.24) is 20.4 Å². The van der Waals surface area contributed by atoms with Crippen LogP contribution in [0.3, 0.4) is 0 Å². The first kappa shape index (κ1) is 21.4. The van der Waals surface area contributed by atoms with Gasteiger partial charge < -0.3 is 10.6 Å². The molecule has 0 aliphatic carbocycles.